The number of benzene rings is 2. The zero-order chi connectivity index (χ0) is 24.9. The van der Waals surface area contributed by atoms with Crippen LogP contribution in [0.15, 0.2) is 42.5 Å². The number of methoxy groups -OCH3 is 1. The quantitative estimate of drug-likeness (QED) is 0.273. The number of carbonyl (C=O) groups excluding carboxylic acids is 1. The average molecular weight is 487 g/mol. The monoisotopic (exact) mass is 486 g/mol. The fourth-order valence-electron chi connectivity index (χ4n) is 5.51. The Bertz CT molecular complexity index is 1280. The van der Waals surface area contributed by atoms with Crippen LogP contribution in [0.2, 0.25) is 0 Å². The maximum absolute atomic E-state index is 15.6. The molecule has 1 aliphatic carbocycles. The van der Waals surface area contributed by atoms with Crippen molar-refractivity contribution in [3.63, 3.8) is 0 Å². The number of halogens is 4. The molecule has 1 aromatic heterocycles. The summed E-state index contributed by atoms with van der Waals surface area (Å²) >= 11 is 0. The molecule has 0 spiro atoms. The average Bonchev–Trinajstić information content (AvgIpc) is 3.15. The van der Waals surface area contributed by atoms with Gasteiger partial charge < -0.3 is 9.72 Å². The number of rotatable bonds is 5. The first-order valence-corrected chi connectivity index (χ1v) is 11.6. The largest absolute Gasteiger partial charge is 0.466 e. The molecule has 1 N–H and O–H groups in total. The Morgan fingerprint density at radius 1 is 1.20 bits per heavy atom. The lowest BCUT2D eigenvalue weighted by Crippen LogP contribution is -2.49. The summed E-state index contributed by atoms with van der Waals surface area (Å²) in [5.74, 6) is -5.07. The second-order valence-corrected chi connectivity index (χ2v) is 9.60. The molecule has 2 atom stereocenters. The number of carbonyl (C=O) groups is 1. The van der Waals surface area contributed by atoms with Crippen LogP contribution in [0, 0.1) is 17.6 Å². The van der Waals surface area contributed by atoms with Gasteiger partial charge in [0.05, 0.1) is 13.2 Å². The zero-order valence-electron chi connectivity index (χ0n) is 19.5. The highest BCUT2D eigenvalue weighted by molar-refractivity contribution is 5.87. The van der Waals surface area contributed by atoms with Gasteiger partial charge in [0.25, 0.3) is 0 Å². The summed E-state index contributed by atoms with van der Waals surface area (Å²) in [6.07, 6.45) is 2.58. The fraction of sp³-hybridized carbons (Fsp3) is 0.370. The molecule has 2 aliphatic rings. The third-order valence-electron chi connectivity index (χ3n) is 7.15. The van der Waals surface area contributed by atoms with Crippen molar-refractivity contribution in [1.82, 2.24) is 9.88 Å². The molecule has 2 heterocycles. The van der Waals surface area contributed by atoms with Gasteiger partial charge in [0, 0.05) is 53.7 Å². The van der Waals surface area contributed by atoms with E-state index in [0.29, 0.717) is 18.7 Å². The second kappa shape index (κ2) is 8.82. The van der Waals surface area contributed by atoms with Crippen molar-refractivity contribution in [2.24, 2.45) is 5.92 Å². The molecule has 5 rings (SSSR count). The molecular formula is C27H26F4N2O2. The van der Waals surface area contributed by atoms with E-state index in [1.807, 2.05) is 36.1 Å². The number of alkyl halides is 2. The summed E-state index contributed by atoms with van der Waals surface area (Å²) in [6.45, 7) is 2.29. The minimum absolute atomic E-state index is 0.112. The number of hydrogen-bond donors (Lipinski definition) is 1. The van der Waals surface area contributed by atoms with E-state index in [4.69, 9.17) is 0 Å². The van der Waals surface area contributed by atoms with E-state index >= 15 is 8.78 Å². The first kappa shape index (κ1) is 23.6. The van der Waals surface area contributed by atoms with Gasteiger partial charge in [-0.1, -0.05) is 18.2 Å². The molecule has 0 saturated heterocycles. The Kier molecular flexibility index (Phi) is 5.95. The highest BCUT2D eigenvalue weighted by atomic mass is 19.3. The van der Waals surface area contributed by atoms with Crippen LogP contribution in [0.25, 0.3) is 17.0 Å². The van der Waals surface area contributed by atoms with Crippen molar-refractivity contribution in [2.45, 2.75) is 44.2 Å². The highest BCUT2D eigenvalue weighted by Crippen LogP contribution is 2.47. The number of ether oxygens (including phenoxy) is 1. The lowest BCUT2D eigenvalue weighted by atomic mass is 9.79. The molecule has 1 saturated carbocycles. The fourth-order valence-corrected chi connectivity index (χ4v) is 5.51. The minimum atomic E-state index is -2.67. The molecule has 0 bridgehead atoms. The first-order chi connectivity index (χ1) is 16.7. The Hall–Kier alpha value is -3.13. The van der Waals surface area contributed by atoms with Crippen molar-refractivity contribution >= 4 is 22.9 Å². The molecule has 35 heavy (non-hydrogen) atoms. The van der Waals surface area contributed by atoms with Crippen LogP contribution in [0.5, 0.6) is 0 Å². The summed E-state index contributed by atoms with van der Waals surface area (Å²) in [5.41, 5.74) is 2.59. The van der Waals surface area contributed by atoms with E-state index in [1.165, 1.54) is 25.3 Å². The van der Waals surface area contributed by atoms with Crippen LogP contribution in [-0.2, 0) is 16.0 Å². The van der Waals surface area contributed by atoms with Crippen molar-refractivity contribution in [3.8, 4) is 0 Å². The van der Waals surface area contributed by atoms with Gasteiger partial charge in [-0.05, 0) is 54.7 Å². The molecule has 0 unspecified atom stereocenters. The summed E-state index contributed by atoms with van der Waals surface area (Å²) in [7, 11) is 1.21. The third kappa shape index (κ3) is 4.35. The van der Waals surface area contributed by atoms with Crippen LogP contribution in [0.1, 0.15) is 48.2 Å². The number of nitrogens with zero attached hydrogens (tertiary/aromatic N) is 1. The van der Waals surface area contributed by atoms with E-state index in [0.717, 1.165) is 22.5 Å². The van der Waals surface area contributed by atoms with Crippen molar-refractivity contribution < 1.29 is 27.1 Å². The summed E-state index contributed by atoms with van der Waals surface area (Å²) in [5, 5.41) is 0.993. The summed E-state index contributed by atoms with van der Waals surface area (Å²) in [6, 6.07) is 9.14. The molecule has 1 aliphatic heterocycles. The Morgan fingerprint density at radius 3 is 2.54 bits per heavy atom. The van der Waals surface area contributed by atoms with E-state index in [9.17, 15) is 13.6 Å². The topological polar surface area (TPSA) is 45.3 Å². The number of H-pyrrole nitrogens is 1. The maximum Gasteiger partial charge on any atom is 0.330 e. The lowest BCUT2D eigenvalue weighted by Gasteiger charge is -2.46. The van der Waals surface area contributed by atoms with Gasteiger partial charge in [-0.25, -0.2) is 22.4 Å². The third-order valence-corrected chi connectivity index (χ3v) is 7.15. The van der Waals surface area contributed by atoms with Crippen molar-refractivity contribution in [2.75, 3.05) is 13.7 Å². The Morgan fingerprint density at radius 2 is 1.89 bits per heavy atom. The molecule has 0 amide bonds. The van der Waals surface area contributed by atoms with Crippen LogP contribution >= 0.6 is 0 Å². The lowest BCUT2D eigenvalue weighted by molar-refractivity contribution is -0.134. The number of aromatic nitrogens is 1. The SMILES string of the molecule is COC(=O)/C=C/c1cc(F)c([C@@H]2c3[nH]c4ccccc4c3C[C@@H](C)N2CC2CC(F)(F)C2)c(F)c1. The molecule has 3 aromatic rings. The standard InChI is InChI=1S/C27H26F4N2O2/c1-15-9-19-18-5-3-4-6-22(18)32-25(19)26(33(15)14-17-12-27(30,31)13-17)24-20(28)10-16(11-21(24)29)7-8-23(34)35-2/h3-8,10-11,15,17,26,32H,9,12-14H2,1-2H3/b8-7+/t15-,26-/m1/s1. The first-order valence-electron chi connectivity index (χ1n) is 11.6. The van der Waals surface area contributed by atoms with Crippen molar-refractivity contribution in [3.05, 3.63) is 76.5 Å². The van der Waals surface area contributed by atoms with Gasteiger partial charge in [-0.2, -0.15) is 0 Å². The number of fused-ring (bicyclic) bond motifs is 3. The highest BCUT2D eigenvalue weighted by Gasteiger charge is 2.48. The van der Waals surface area contributed by atoms with E-state index < -0.39 is 29.6 Å². The molecule has 4 nitrogen and oxygen atoms in total. The Balaban J connectivity index is 1.60. The number of esters is 1. The van der Waals surface area contributed by atoms with E-state index in [2.05, 4.69) is 9.72 Å². The molecule has 2 aromatic carbocycles. The summed E-state index contributed by atoms with van der Waals surface area (Å²) < 4.78 is 62.8. The smallest absolute Gasteiger partial charge is 0.330 e. The molecule has 1 fully saturated rings. The summed E-state index contributed by atoms with van der Waals surface area (Å²) in [4.78, 5) is 16.7. The van der Waals surface area contributed by atoms with E-state index in [-0.39, 0.29) is 35.9 Å². The van der Waals surface area contributed by atoms with Gasteiger partial charge in [-0.15, -0.1) is 0 Å². The molecule has 0 radical (unpaired) electrons. The number of nitrogens with one attached hydrogen (secondary N) is 1. The van der Waals surface area contributed by atoms with Crippen LogP contribution in [0.3, 0.4) is 0 Å². The molecule has 8 heteroatoms. The van der Waals surface area contributed by atoms with Gasteiger partial charge in [-0.3, -0.25) is 4.90 Å². The van der Waals surface area contributed by atoms with Gasteiger partial charge in [0.15, 0.2) is 0 Å². The number of para-hydroxylation sites is 1. The van der Waals surface area contributed by atoms with Crippen LogP contribution in [0.4, 0.5) is 17.6 Å². The zero-order valence-corrected chi connectivity index (χ0v) is 19.5. The minimum Gasteiger partial charge on any atom is -0.466 e. The normalized spacial score (nSPS) is 22.3. The van der Waals surface area contributed by atoms with Crippen LogP contribution in [-0.4, -0.2) is 41.5 Å². The second-order valence-electron chi connectivity index (χ2n) is 9.60. The molecule has 184 valence electrons. The maximum atomic E-state index is 15.6. The Labute approximate surface area is 200 Å². The predicted molar refractivity (Wildman–Crippen MR) is 125 cm³/mol. The molecular weight excluding hydrogens is 460 g/mol. The van der Waals surface area contributed by atoms with Crippen molar-refractivity contribution in [1.29, 1.82) is 0 Å². The van der Waals surface area contributed by atoms with Gasteiger partial charge >= 0.3 is 5.97 Å². The number of hydrogen-bond acceptors (Lipinski definition) is 3. The van der Waals surface area contributed by atoms with Gasteiger partial charge in [0.2, 0.25) is 5.92 Å². The number of aromatic amines is 1. The van der Waals surface area contributed by atoms with Crippen LogP contribution < -0.4 is 0 Å². The van der Waals surface area contributed by atoms with Gasteiger partial charge in [0.1, 0.15) is 11.6 Å². The predicted octanol–water partition coefficient (Wildman–Crippen LogP) is 6.01. The van der Waals surface area contributed by atoms with E-state index in [1.54, 1.807) is 0 Å².